The van der Waals surface area contributed by atoms with Gasteiger partial charge in [-0.25, -0.2) is 8.42 Å². The van der Waals surface area contributed by atoms with Crippen LogP contribution in [0.2, 0.25) is 0 Å². The SMILES string of the molecule is CC1CN(S(=O)(=O)C(C)C#N)C(C)CO1. The van der Waals surface area contributed by atoms with E-state index in [0.717, 1.165) is 0 Å². The molecule has 0 bridgehead atoms. The molecule has 1 heterocycles. The second-order valence-corrected chi connectivity index (χ2v) is 6.08. The van der Waals surface area contributed by atoms with Gasteiger partial charge in [0.15, 0.2) is 5.25 Å². The topological polar surface area (TPSA) is 70.4 Å². The maximum atomic E-state index is 11.9. The molecule has 15 heavy (non-hydrogen) atoms. The third kappa shape index (κ3) is 2.48. The molecule has 0 radical (unpaired) electrons. The van der Waals surface area contributed by atoms with E-state index < -0.39 is 15.3 Å². The molecule has 1 saturated heterocycles. The van der Waals surface area contributed by atoms with Gasteiger partial charge in [-0.05, 0) is 20.8 Å². The first-order valence-electron chi connectivity index (χ1n) is 4.91. The summed E-state index contributed by atoms with van der Waals surface area (Å²) in [6.07, 6.45) is -0.109. The molecule has 0 aromatic carbocycles. The molecule has 1 rings (SSSR count). The molecule has 1 aliphatic rings. The fraction of sp³-hybridized carbons (Fsp3) is 0.889. The fourth-order valence-corrected chi connectivity index (χ4v) is 3.02. The standard InChI is InChI=1S/C9H16N2O3S/c1-7-6-14-8(2)5-11(7)15(12,13)9(3)4-10/h7-9H,5-6H2,1-3H3. The molecule has 0 saturated carbocycles. The van der Waals surface area contributed by atoms with E-state index in [1.807, 2.05) is 6.92 Å². The Balaban J connectivity index is 2.91. The average molecular weight is 232 g/mol. The van der Waals surface area contributed by atoms with E-state index >= 15 is 0 Å². The van der Waals surface area contributed by atoms with E-state index in [2.05, 4.69) is 0 Å². The average Bonchev–Trinajstić information content (AvgIpc) is 2.20. The van der Waals surface area contributed by atoms with Crippen molar-refractivity contribution in [2.24, 2.45) is 0 Å². The second-order valence-electron chi connectivity index (χ2n) is 3.88. The molecule has 0 aliphatic carbocycles. The van der Waals surface area contributed by atoms with Gasteiger partial charge in [-0.3, -0.25) is 0 Å². The first-order valence-corrected chi connectivity index (χ1v) is 6.41. The molecular formula is C9H16N2O3S. The number of morpholine rings is 1. The van der Waals surface area contributed by atoms with Gasteiger partial charge in [-0.1, -0.05) is 0 Å². The number of hydrogen-bond donors (Lipinski definition) is 0. The van der Waals surface area contributed by atoms with E-state index in [1.54, 1.807) is 13.0 Å². The highest BCUT2D eigenvalue weighted by Gasteiger charge is 2.36. The number of hydrogen-bond acceptors (Lipinski definition) is 4. The van der Waals surface area contributed by atoms with Crippen LogP contribution in [0, 0.1) is 11.3 Å². The van der Waals surface area contributed by atoms with Gasteiger partial charge >= 0.3 is 0 Å². The zero-order valence-corrected chi connectivity index (χ0v) is 9.99. The Morgan fingerprint density at radius 1 is 1.53 bits per heavy atom. The van der Waals surface area contributed by atoms with Crippen molar-refractivity contribution in [2.75, 3.05) is 13.2 Å². The highest BCUT2D eigenvalue weighted by atomic mass is 32.2. The van der Waals surface area contributed by atoms with Gasteiger partial charge in [0.1, 0.15) is 0 Å². The van der Waals surface area contributed by atoms with Crippen LogP contribution in [0.5, 0.6) is 0 Å². The summed E-state index contributed by atoms with van der Waals surface area (Å²) in [5.74, 6) is 0. The van der Waals surface area contributed by atoms with E-state index in [-0.39, 0.29) is 12.1 Å². The summed E-state index contributed by atoms with van der Waals surface area (Å²) in [5.41, 5.74) is 0. The van der Waals surface area contributed by atoms with Crippen molar-refractivity contribution < 1.29 is 13.2 Å². The lowest BCUT2D eigenvalue weighted by molar-refractivity contribution is -0.0171. The lowest BCUT2D eigenvalue weighted by Crippen LogP contribution is -2.52. The normalized spacial score (nSPS) is 30.8. The lowest BCUT2D eigenvalue weighted by Gasteiger charge is -2.36. The minimum Gasteiger partial charge on any atom is -0.375 e. The second kappa shape index (κ2) is 4.47. The largest absolute Gasteiger partial charge is 0.375 e. The van der Waals surface area contributed by atoms with E-state index in [0.29, 0.717) is 13.2 Å². The highest BCUT2D eigenvalue weighted by molar-refractivity contribution is 7.90. The Bertz CT molecular complexity index is 360. The van der Waals surface area contributed by atoms with Gasteiger partial charge < -0.3 is 4.74 Å². The summed E-state index contributed by atoms with van der Waals surface area (Å²) in [4.78, 5) is 0. The Morgan fingerprint density at radius 2 is 2.13 bits per heavy atom. The summed E-state index contributed by atoms with van der Waals surface area (Å²) in [7, 11) is -3.50. The van der Waals surface area contributed by atoms with Gasteiger partial charge in [0.2, 0.25) is 10.0 Å². The van der Waals surface area contributed by atoms with Crippen LogP contribution >= 0.6 is 0 Å². The fourth-order valence-electron chi connectivity index (χ4n) is 1.50. The van der Waals surface area contributed by atoms with Gasteiger partial charge in [0, 0.05) is 12.6 Å². The quantitative estimate of drug-likeness (QED) is 0.688. The summed E-state index contributed by atoms with van der Waals surface area (Å²) in [5, 5.41) is 7.67. The molecule has 0 aromatic heterocycles. The Kier molecular flexibility index (Phi) is 3.71. The minimum atomic E-state index is -3.50. The number of rotatable bonds is 2. The smallest absolute Gasteiger partial charge is 0.230 e. The predicted octanol–water partition coefficient (Wildman–Crippen LogP) is 0.337. The van der Waals surface area contributed by atoms with Gasteiger partial charge in [0.05, 0.1) is 18.8 Å². The molecule has 6 heteroatoms. The van der Waals surface area contributed by atoms with Crippen molar-refractivity contribution in [1.29, 1.82) is 5.26 Å². The monoisotopic (exact) mass is 232 g/mol. The summed E-state index contributed by atoms with van der Waals surface area (Å²) < 4.78 is 30.6. The van der Waals surface area contributed by atoms with E-state index in [9.17, 15) is 8.42 Å². The molecule has 1 fully saturated rings. The van der Waals surface area contributed by atoms with E-state index in [4.69, 9.17) is 10.00 Å². The van der Waals surface area contributed by atoms with Crippen molar-refractivity contribution in [3.63, 3.8) is 0 Å². The summed E-state index contributed by atoms with van der Waals surface area (Å²) in [6.45, 7) is 5.73. The molecule has 3 atom stereocenters. The van der Waals surface area contributed by atoms with Crippen LogP contribution in [0.3, 0.4) is 0 Å². The molecule has 86 valence electrons. The van der Waals surface area contributed by atoms with Crippen molar-refractivity contribution in [3.05, 3.63) is 0 Å². The molecule has 0 amide bonds. The third-order valence-corrected chi connectivity index (χ3v) is 4.67. The number of ether oxygens (including phenoxy) is 1. The third-order valence-electron chi connectivity index (χ3n) is 2.51. The number of nitrogens with zero attached hydrogens (tertiary/aromatic N) is 2. The van der Waals surface area contributed by atoms with Crippen molar-refractivity contribution in [2.45, 2.75) is 38.2 Å². The van der Waals surface area contributed by atoms with Crippen LogP contribution in [-0.2, 0) is 14.8 Å². The Hall–Kier alpha value is -0.640. The molecule has 5 nitrogen and oxygen atoms in total. The van der Waals surface area contributed by atoms with Gasteiger partial charge in [-0.15, -0.1) is 0 Å². The molecule has 0 N–H and O–H groups in total. The van der Waals surface area contributed by atoms with Crippen LogP contribution in [0.15, 0.2) is 0 Å². The molecule has 3 unspecified atom stereocenters. The maximum Gasteiger partial charge on any atom is 0.230 e. The highest BCUT2D eigenvalue weighted by Crippen LogP contribution is 2.18. The lowest BCUT2D eigenvalue weighted by atomic mass is 10.2. The van der Waals surface area contributed by atoms with Crippen molar-refractivity contribution in [1.82, 2.24) is 4.31 Å². The van der Waals surface area contributed by atoms with Crippen LogP contribution in [0.1, 0.15) is 20.8 Å². The minimum absolute atomic E-state index is 0.109. The zero-order valence-electron chi connectivity index (χ0n) is 9.17. The molecular weight excluding hydrogens is 216 g/mol. The van der Waals surface area contributed by atoms with Crippen molar-refractivity contribution in [3.8, 4) is 6.07 Å². The maximum absolute atomic E-state index is 11.9. The number of sulfonamides is 1. The first-order chi connectivity index (χ1) is 6.89. The van der Waals surface area contributed by atoms with Crippen LogP contribution in [0.25, 0.3) is 0 Å². The van der Waals surface area contributed by atoms with Crippen LogP contribution in [-0.4, -0.2) is 43.3 Å². The molecule has 0 aromatic rings. The predicted molar refractivity (Wildman–Crippen MR) is 55.6 cm³/mol. The Morgan fingerprint density at radius 3 is 2.67 bits per heavy atom. The van der Waals surface area contributed by atoms with Gasteiger partial charge in [0.25, 0.3) is 0 Å². The summed E-state index contributed by atoms with van der Waals surface area (Å²) in [6, 6.07) is 1.57. The van der Waals surface area contributed by atoms with Crippen molar-refractivity contribution >= 4 is 10.0 Å². The van der Waals surface area contributed by atoms with E-state index in [1.165, 1.54) is 11.2 Å². The molecule has 1 aliphatic heterocycles. The van der Waals surface area contributed by atoms with Crippen LogP contribution in [0.4, 0.5) is 0 Å². The first kappa shape index (κ1) is 12.4. The Labute approximate surface area is 90.7 Å². The summed E-state index contributed by atoms with van der Waals surface area (Å²) >= 11 is 0. The van der Waals surface area contributed by atoms with Gasteiger partial charge in [-0.2, -0.15) is 9.57 Å². The zero-order chi connectivity index (χ0) is 11.6. The number of nitriles is 1. The molecule has 0 spiro atoms. The van der Waals surface area contributed by atoms with Crippen LogP contribution < -0.4 is 0 Å².